The smallest absolute Gasteiger partial charge is 0.420 e. The monoisotopic (exact) mass is 1050 g/mol. The molecule has 0 aliphatic carbocycles. The molecular formula is C51H50F6N6O8S2. The average Bonchev–Trinajstić information content (AvgIpc) is 3.91. The van der Waals surface area contributed by atoms with Crippen LogP contribution in [0.3, 0.4) is 0 Å². The summed E-state index contributed by atoms with van der Waals surface area (Å²) in [5.74, 6) is -1.79. The maximum Gasteiger partial charge on any atom is 0.420 e. The number of aliphatic hydroxyl groups excluding tert-OH is 1. The predicted octanol–water partition coefficient (Wildman–Crippen LogP) is 10.7. The number of thioether (sulfide) groups is 2. The van der Waals surface area contributed by atoms with Gasteiger partial charge in [0.2, 0.25) is 6.41 Å². The van der Waals surface area contributed by atoms with Gasteiger partial charge in [-0.15, -0.1) is 0 Å². The lowest BCUT2D eigenvalue weighted by Crippen LogP contribution is -2.32. The first-order chi connectivity index (χ1) is 34.8. The van der Waals surface area contributed by atoms with Crippen molar-refractivity contribution >= 4 is 64.2 Å². The molecule has 2 heterocycles. The zero-order valence-corrected chi connectivity index (χ0v) is 41.6. The van der Waals surface area contributed by atoms with E-state index in [0.29, 0.717) is 65.3 Å². The quantitative estimate of drug-likeness (QED) is 0.0330. The van der Waals surface area contributed by atoms with Crippen LogP contribution in [0, 0.1) is 11.3 Å². The van der Waals surface area contributed by atoms with Crippen LogP contribution in [0.25, 0.3) is 12.2 Å². The number of benzene rings is 4. The number of aliphatic imine (C=N–C) groups is 2. The van der Waals surface area contributed by atoms with Crippen molar-refractivity contribution in [3.63, 3.8) is 0 Å². The van der Waals surface area contributed by atoms with Gasteiger partial charge in [0.15, 0.2) is 33.3 Å². The molecule has 6 rings (SSSR count). The fourth-order valence-corrected chi connectivity index (χ4v) is 9.06. The summed E-state index contributed by atoms with van der Waals surface area (Å²) in [4.78, 5) is 49.2. The molecule has 4 aromatic carbocycles. The fraction of sp³-hybridized carbons (Fsp3) is 0.333. The molecule has 386 valence electrons. The van der Waals surface area contributed by atoms with Crippen LogP contribution in [-0.2, 0) is 33.2 Å². The van der Waals surface area contributed by atoms with Crippen molar-refractivity contribution < 1.29 is 64.8 Å². The van der Waals surface area contributed by atoms with Crippen LogP contribution in [0.15, 0.2) is 92.6 Å². The predicted molar refractivity (Wildman–Crippen MR) is 266 cm³/mol. The Morgan fingerprint density at radius 3 is 1.97 bits per heavy atom. The molecule has 22 heteroatoms. The van der Waals surface area contributed by atoms with Crippen molar-refractivity contribution in [2.45, 2.75) is 63.9 Å². The third-order valence-corrected chi connectivity index (χ3v) is 13.1. The Balaban J connectivity index is 1.01. The van der Waals surface area contributed by atoms with Gasteiger partial charge in [-0.25, -0.2) is 0 Å². The Kier molecular flexibility index (Phi) is 19.1. The molecule has 3 amide bonds. The van der Waals surface area contributed by atoms with E-state index in [4.69, 9.17) is 24.2 Å². The fourth-order valence-electron chi connectivity index (χ4n) is 7.33. The van der Waals surface area contributed by atoms with E-state index < -0.39 is 47.0 Å². The molecule has 2 aliphatic heterocycles. The van der Waals surface area contributed by atoms with Crippen LogP contribution < -0.4 is 24.3 Å². The normalized spacial score (nSPS) is 15.8. The van der Waals surface area contributed by atoms with E-state index in [1.807, 2.05) is 6.92 Å². The number of aryl methyl sites for hydroxylation is 1. The minimum atomic E-state index is -4.80. The third kappa shape index (κ3) is 15.3. The van der Waals surface area contributed by atoms with Crippen molar-refractivity contribution in [1.29, 1.82) is 5.26 Å². The van der Waals surface area contributed by atoms with E-state index in [9.17, 15) is 45.8 Å². The Morgan fingerprint density at radius 2 is 1.38 bits per heavy atom. The van der Waals surface area contributed by atoms with E-state index in [-0.39, 0.29) is 63.9 Å². The lowest BCUT2D eigenvalue weighted by Gasteiger charge is -2.21. The van der Waals surface area contributed by atoms with Gasteiger partial charge in [0.1, 0.15) is 11.5 Å². The number of amides is 3. The summed E-state index contributed by atoms with van der Waals surface area (Å²) in [6.07, 6.45) is -3.38. The molecule has 73 heavy (non-hydrogen) atoms. The van der Waals surface area contributed by atoms with Crippen molar-refractivity contribution in [3.05, 3.63) is 116 Å². The first-order valence-corrected chi connectivity index (χ1v) is 24.3. The molecule has 1 unspecified atom stereocenters. The standard InChI is InChI=1S/C51H50F6N6O8S2/c1-5-6-20-63(30-64)21-8-19-59-48-60-46(66)44(72-48)26-32-12-17-40(42(24-32)68-3)70-38-15-11-31(22-36(38)50(52,53)54)9-7-10-35(65)29-62(2)49-61-47(67)45(73-49)27-33-13-18-41(43(25-33)69-4)71-39-16-14-34(28-58)23-37(39)51(55,56)57/h11-18,22-27,30,35,65H,5-10,19-21,29H2,1-4H3,(H,59,60,66)/b44-26-,45-27-. The number of carbonyl (C=O) groups excluding carboxylic acids is 3. The Morgan fingerprint density at radius 1 is 0.795 bits per heavy atom. The number of hydrogen-bond donors (Lipinski definition) is 2. The number of hydrogen-bond acceptors (Lipinski definition) is 13. The molecule has 2 N–H and O–H groups in total. The zero-order valence-electron chi connectivity index (χ0n) is 39.9. The number of nitriles is 1. The topological polar surface area (TPSA) is 175 Å². The molecule has 14 nitrogen and oxygen atoms in total. The van der Waals surface area contributed by atoms with Gasteiger partial charge in [-0.3, -0.25) is 19.4 Å². The highest BCUT2D eigenvalue weighted by molar-refractivity contribution is 8.19. The molecule has 1 saturated heterocycles. The maximum absolute atomic E-state index is 14.5. The van der Waals surface area contributed by atoms with E-state index in [2.05, 4.69) is 15.3 Å². The molecule has 0 saturated carbocycles. The first kappa shape index (κ1) is 55.4. The molecule has 2 aliphatic rings. The second-order valence-electron chi connectivity index (χ2n) is 16.5. The summed E-state index contributed by atoms with van der Waals surface area (Å²) in [5.41, 5.74) is -1.03. The van der Waals surface area contributed by atoms with Gasteiger partial charge in [0.05, 0.1) is 52.9 Å². The van der Waals surface area contributed by atoms with Crippen LogP contribution in [0.1, 0.15) is 72.4 Å². The molecule has 4 aromatic rings. The number of halogens is 6. The molecule has 1 atom stereocenters. The molecular weight excluding hydrogens is 1000 g/mol. The average molecular weight is 1050 g/mol. The van der Waals surface area contributed by atoms with Crippen molar-refractivity contribution in [2.75, 3.05) is 47.4 Å². The van der Waals surface area contributed by atoms with Crippen LogP contribution in [-0.4, -0.2) is 97.0 Å². The number of nitrogens with zero attached hydrogens (tertiary/aromatic N) is 5. The van der Waals surface area contributed by atoms with Crippen LogP contribution in [0.2, 0.25) is 0 Å². The number of likely N-dealkylation sites (N-methyl/N-ethyl adjacent to an activating group) is 1. The van der Waals surface area contributed by atoms with Gasteiger partial charge >= 0.3 is 12.4 Å². The Hall–Kier alpha value is -6.96. The lowest BCUT2D eigenvalue weighted by atomic mass is 10.0. The zero-order chi connectivity index (χ0) is 52.9. The molecule has 0 bridgehead atoms. The SMILES string of the molecule is CCCCN(C=O)CCCN=C1NC(=O)/C(=C/c2ccc(Oc3ccc(CCCC(O)CN(C)C4=NC(=O)/C(=C/c5ccc(Oc6ccc(C#N)cc6C(F)(F)F)c(OC)c5)S4)cc3C(F)(F)F)c(OC)c2)S1. The number of aliphatic hydroxyl groups is 1. The molecule has 0 aromatic heterocycles. The van der Waals surface area contributed by atoms with Gasteiger partial charge in [-0.1, -0.05) is 31.5 Å². The molecule has 1 fully saturated rings. The molecule has 0 spiro atoms. The summed E-state index contributed by atoms with van der Waals surface area (Å²) in [7, 11) is 4.25. The number of carbonyl (C=O) groups is 3. The van der Waals surface area contributed by atoms with Gasteiger partial charge in [0, 0.05) is 33.2 Å². The maximum atomic E-state index is 14.5. The number of methoxy groups -OCH3 is 2. The van der Waals surface area contributed by atoms with Crippen molar-refractivity contribution in [2.24, 2.45) is 9.98 Å². The lowest BCUT2D eigenvalue weighted by molar-refractivity contribution is -0.139. The van der Waals surface area contributed by atoms with Gasteiger partial charge in [-0.05, 0) is 139 Å². The minimum Gasteiger partial charge on any atom is -0.493 e. The Labute approximate surface area is 425 Å². The van der Waals surface area contributed by atoms with Gasteiger partial charge in [0.25, 0.3) is 11.8 Å². The van der Waals surface area contributed by atoms with E-state index in [0.717, 1.165) is 54.9 Å². The van der Waals surface area contributed by atoms with Crippen LogP contribution in [0.5, 0.6) is 34.5 Å². The summed E-state index contributed by atoms with van der Waals surface area (Å²) in [6, 6.07) is 17.2. The highest BCUT2D eigenvalue weighted by Gasteiger charge is 2.37. The van der Waals surface area contributed by atoms with E-state index in [1.54, 1.807) is 35.1 Å². The number of rotatable bonds is 22. The number of nitrogens with one attached hydrogen (secondary N) is 1. The number of unbranched alkanes of at least 4 members (excludes halogenated alkanes) is 1. The largest absolute Gasteiger partial charge is 0.493 e. The highest BCUT2D eigenvalue weighted by Crippen LogP contribution is 2.43. The van der Waals surface area contributed by atoms with Crippen molar-refractivity contribution in [1.82, 2.24) is 15.1 Å². The Bertz CT molecular complexity index is 2850. The van der Waals surface area contributed by atoms with Crippen LogP contribution in [0.4, 0.5) is 26.3 Å². The summed E-state index contributed by atoms with van der Waals surface area (Å²) >= 11 is 2.17. The third-order valence-electron chi connectivity index (χ3n) is 11.1. The number of amidine groups is 2. The van der Waals surface area contributed by atoms with Gasteiger partial charge < -0.3 is 39.2 Å². The summed E-state index contributed by atoms with van der Waals surface area (Å²) in [6.45, 7) is 3.73. The van der Waals surface area contributed by atoms with E-state index in [1.165, 1.54) is 68.8 Å². The number of ether oxygens (including phenoxy) is 4. The summed E-state index contributed by atoms with van der Waals surface area (Å²) in [5, 5.41) is 23.4. The molecule has 0 radical (unpaired) electrons. The van der Waals surface area contributed by atoms with Crippen molar-refractivity contribution in [3.8, 4) is 40.6 Å². The number of alkyl halides is 6. The second kappa shape index (κ2) is 25.1. The minimum absolute atomic E-state index is 0.00791. The van der Waals surface area contributed by atoms with Crippen LogP contribution >= 0.6 is 23.5 Å². The second-order valence-corrected chi connectivity index (χ2v) is 18.6. The first-order valence-electron chi connectivity index (χ1n) is 22.7. The van der Waals surface area contributed by atoms with E-state index >= 15 is 0 Å². The summed E-state index contributed by atoms with van der Waals surface area (Å²) < 4.78 is 107. The van der Waals surface area contributed by atoms with Gasteiger partial charge in [-0.2, -0.15) is 36.6 Å². The highest BCUT2D eigenvalue weighted by atomic mass is 32.2.